The number of ketones is 1. The van der Waals surface area contributed by atoms with Gasteiger partial charge in [-0.05, 0) is 43.0 Å². The Hall–Kier alpha value is -3.80. The summed E-state index contributed by atoms with van der Waals surface area (Å²) in [4.78, 5) is 17.3. The van der Waals surface area contributed by atoms with Crippen LogP contribution in [0.4, 0.5) is 10.1 Å². The van der Waals surface area contributed by atoms with Crippen LogP contribution >= 0.6 is 0 Å². The molecule has 2 heterocycles. The molecule has 0 radical (unpaired) electrons. The molecule has 0 aliphatic carbocycles. The molecule has 1 N–H and O–H groups in total. The topological polar surface area (TPSA) is 98.9 Å². The first-order chi connectivity index (χ1) is 18.1. The Morgan fingerprint density at radius 3 is 2.58 bits per heavy atom. The molecule has 0 saturated heterocycles. The second-order valence-electron chi connectivity index (χ2n) is 10.4. The fourth-order valence-electron chi connectivity index (χ4n) is 4.94. The highest BCUT2D eigenvalue weighted by Gasteiger charge is 2.34. The van der Waals surface area contributed by atoms with Gasteiger partial charge in [-0.1, -0.05) is 20.8 Å². The summed E-state index contributed by atoms with van der Waals surface area (Å²) in [6, 6.07) is 7.57. The van der Waals surface area contributed by atoms with E-state index in [1.807, 2.05) is 19.1 Å². The molecule has 2 aromatic rings. The SMILES string of the molecule is CCOc1cc2c(c(F)c1OCC)C(=N)N(CC(=O)c1cc3c(c(C(C)(C)C)c1)OCCN3CCC#N)C2. The first-order valence-corrected chi connectivity index (χ1v) is 13.0. The standard InChI is InChI=1S/C29H35FN4O4/c1-6-36-23-15-19-16-34(28(32)24(19)25(30)27(23)37-7-2)17-22(35)18-13-20(29(3,4)5)26-21(14-18)33(10-8-9-31)11-12-38-26/h13-15,32H,6-8,10-12,16-17H2,1-5H3. The van der Waals surface area contributed by atoms with Crippen LogP contribution in [-0.4, -0.2) is 56.0 Å². The molecule has 0 spiro atoms. The summed E-state index contributed by atoms with van der Waals surface area (Å²) in [6.45, 7) is 12.2. The van der Waals surface area contributed by atoms with Gasteiger partial charge in [0.1, 0.15) is 18.2 Å². The van der Waals surface area contributed by atoms with Crippen LogP contribution in [0.25, 0.3) is 0 Å². The number of ether oxygens (including phenoxy) is 3. The van der Waals surface area contributed by atoms with Crippen molar-refractivity contribution in [3.8, 4) is 23.3 Å². The Bertz CT molecular complexity index is 1300. The molecule has 202 valence electrons. The Labute approximate surface area is 223 Å². The molecule has 2 aromatic carbocycles. The number of nitrogens with zero attached hydrogens (tertiary/aromatic N) is 3. The molecule has 8 nitrogen and oxygen atoms in total. The van der Waals surface area contributed by atoms with Crippen molar-refractivity contribution >= 4 is 17.3 Å². The third kappa shape index (κ3) is 5.13. The van der Waals surface area contributed by atoms with E-state index in [1.54, 1.807) is 17.9 Å². The van der Waals surface area contributed by atoms with Crippen molar-refractivity contribution in [2.24, 2.45) is 0 Å². The zero-order valence-electron chi connectivity index (χ0n) is 22.7. The molecule has 2 aliphatic heterocycles. The molecule has 0 amide bonds. The molecule has 0 fully saturated rings. The van der Waals surface area contributed by atoms with Crippen molar-refractivity contribution in [1.82, 2.24) is 4.90 Å². The first-order valence-electron chi connectivity index (χ1n) is 13.0. The van der Waals surface area contributed by atoms with E-state index in [1.165, 1.54) is 0 Å². The van der Waals surface area contributed by atoms with E-state index in [-0.39, 0.29) is 48.0 Å². The predicted octanol–water partition coefficient (Wildman–Crippen LogP) is 5.06. The normalized spacial score (nSPS) is 14.5. The number of nitriles is 1. The van der Waals surface area contributed by atoms with Gasteiger partial charge in [-0.25, -0.2) is 4.39 Å². The second kappa shape index (κ2) is 10.9. The number of hydrogen-bond donors (Lipinski definition) is 1. The maximum atomic E-state index is 15.4. The Morgan fingerprint density at radius 1 is 1.18 bits per heavy atom. The number of halogens is 1. The van der Waals surface area contributed by atoms with Gasteiger partial charge in [-0.3, -0.25) is 10.2 Å². The van der Waals surface area contributed by atoms with E-state index in [0.717, 1.165) is 17.0 Å². The maximum absolute atomic E-state index is 15.4. The van der Waals surface area contributed by atoms with Crippen LogP contribution < -0.4 is 19.1 Å². The summed E-state index contributed by atoms with van der Waals surface area (Å²) in [6.07, 6.45) is 0.366. The fourth-order valence-corrected chi connectivity index (χ4v) is 4.94. The lowest BCUT2D eigenvalue weighted by molar-refractivity contribution is 0.0962. The number of carbonyl (C=O) groups excluding carboxylic acids is 1. The second-order valence-corrected chi connectivity index (χ2v) is 10.4. The van der Waals surface area contributed by atoms with E-state index in [2.05, 4.69) is 31.7 Å². The van der Waals surface area contributed by atoms with Crippen LogP contribution in [-0.2, 0) is 12.0 Å². The third-order valence-electron chi connectivity index (χ3n) is 6.75. The van der Waals surface area contributed by atoms with Gasteiger partial charge in [0.25, 0.3) is 0 Å². The summed E-state index contributed by atoms with van der Waals surface area (Å²) < 4.78 is 32.6. The van der Waals surface area contributed by atoms with Crippen LogP contribution in [0.1, 0.15) is 68.1 Å². The van der Waals surface area contributed by atoms with Crippen LogP contribution in [0.15, 0.2) is 18.2 Å². The number of benzene rings is 2. The highest BCUT2D eigenvalue weighted by atomic mass is 19.1. The van der Waals surface area contributed by atoms with Crippen LogP contribution in [0.2, 0.25) is 0 Å². The lowest BCUT2D eigenvalue weighted by atomic mass is 9.84. The number of anilines is 1. The lowest BCUT2D eigenvalue weighted by Crippen LogP contribution is -2.35. The first kappa shape index (κ1) is 27.2. The minimum Gasteiger partial charge on any atom is -0.490 e. The van der Waals surface area contributed by atoms with Gasteiger partial charge in [0.2, 0.25) is 0 Å². The summed E-state index contributed by atoms with van der Waals surface area (Å²) >= 11 is 0. The zero-order chi connectivity index (χ0) is 27.6. The molecule has 4 rings (SSSR count). The molecular weight excluding hydrogens is 487 g/mol. The molecule has 2 aliphatic rings. The van der Waals surface area contributed by atoms with Gasteiger partial charge in [-0.15, -0.1) is 0 Å². The molecule has 0 saturated carbocycles. The van der Waals surface area contributed by atoms with E-state index < -0.39 is 5.82 Å². The van der Waals surface area contributed by atoms with E-state index >= 15 is 4.39 Å². The molecule has 0 bridgehead atoms. The van der Waals surface area contributed by atoms with E-state index in [0.29, 0.717) is 49.6 Å². The number of rotatable bonds is 9. The molecule has 38 heavy (non-hydrogen) atoms. The fraction of sp³-hybridized carbons (Fsp3) is 0.483. The molecule has 9 heteroatoms. The van der Waals surface area contributed by atoms with Crippen LogP contribution in [0.3, 0.4) is 0 Å². The highest BCUT2D eigenvalue weighted by Crippen LogP contribution is 2.43. The Kier molecular flexibility index (Phi) is 7.81. The summed E-state index contributed by atoms with van der Waals surface area (Å²) in [5.41, 5.74) is 2.65. The number of hydrogen-bond acceptors (Lipinski definition) is 7. The highest BCUT2D eigenvalue weighted by molar-refractivity contribution is 6.06. The molecule has 0 aromatic heterocycles. The Balaban J connectivity index is 1.66. The van der Waals surface area contributed by atoms with Crippen molar-refractivity contribution in [2.45, 2.75) is 53.0 Å². The number of carbonyl (C=O) groups is 1. The Morgan fingerprint density at radius 2 is 1.92 bits per heavy atom. The third-order valence-corrected chi connectivity index (χ3v) is 6.75. The number of Topliss-reactive ketones (excluding diaryl/α,β-unsaturated/α-hetero) is 1. The zero-order valence-corrected chi connectivity index (χ0v) is 22.7. The van der Waals surface area contributed by atoms with Gasteiger partial charge < -0.3 is 24.0 Å². The summed E-state index contributed by atoms with van der Waals surface area (Å²) in [5, 5.41) is 17.8. The van der Waals surface area contributed by atoms with Crippen molar-refractivity contribution < 1.29 is 23.4 Å². The van der Waals surface area contributed by atoms with Crippen LogP contribution in [0.5, 0.6) is 17.2 Å². The minimum atomic E-state index is -0.637. The summed E-state index contributed by atoms with van der Waals surface area (Å²) in [5.74, 6) is 0.164. The molecular formula is C29H35FN4O4. The van der Waals surface area contributed by atoms with Gasteiger partial charge in [0, 0.05) is 24.2 Å². The van der Waals surface area contributed by atoms with Gasteiger partial charge in [0.15, 0.2) is 23.1 Å². The van der Waals surface area contributed by atoms with Gasteiger partial charge in [-0.2, -0.15) is 5.26 Å². The predicted molar refractivity (Wildman–Crippen MR) is 143 cm³/mol. The molecule has 0 atom stereocenters. The minimum absolute atomic E-state index is 0.00649. The van der Waals surface area contributed by atoms with Gasteiger partial charge in [0.05, 0.1) is 50.0 Å². The maximum Gasteiger partial charge on any atom is 0.197 e. The van der Waals surface area contributed by atoms with Gasteiger partial charge >= 0.3 is 0 Å². The largest absolute Gasteiger partial charge is 0.490 e. The van der Waals surface area contributed by atoms with E-state index in [9.17, 15) is 4.79 Å². The number of fused-ring (bicyclic) bond motifs is 2. The van der Waals surface area contributed by atoms with Crippen molar-refractivity contribution in [3.05, 3.63) is 46.3 Å². The average molecular weight is 523 g/mol. The number of amidine groups is 1. The van der Waals surface area contributed by atoms with Crippen molar-refractivity contribution in [2.75, 3.05) is 44.4 Å². The number of nitrogens with one attached hydrogen (secondary N) is 1. The van der Waals surface area contributed by atoms with Crippen LogP contribution in [0, 0.1) is 22.6 Å². The quantitative estimate of drug-likeness (QED) is 0.460. The smallest absolute Gasteiger partial charge is 0.197 e. The monoisotopic (exact) mass is 522 g/mol. The van der Waals surface area contributed by atoms with E-state index in [4.69, 9.17) is 24.9 Å². The van der Waals surface area contributed by atoms with Crippen molar-refractivity contribution in [3.63, 3.8) is 0 Å². The molecule has 0 unspecified atom stereocenters. The average Bonchev–Trinajstić information content (AvgIpc) is 3.18. The lowest BCUT2D eigenvalue weighted by Gasteiger charge is -2.35. The van der Waals surface area contributed by atoms with Crippen molar-refractivity contribution in [1.29, 1.82) is 10.7 Å². The summed E-state index contributed by atoms with van der Waals surface area (Å²) in [7, 11) is 0.